The molecule has 168 valence electrons. The molecule has 0 aromatic rings. The van der Waals surface area contributed by atoms with Crippen molar-refractivity contribution in [2.24, 2.45) is 0 Å². The predicted molar refractivity (Wildman–Crippen MR) is 135 cm³/mol. The van der Waals surface area contributed by atoms with E-state index in [9.17, 15) is 0 Å². The second-order valence-corrected chi connectivity index (χ2v) is 14.8. The summed E-state index contributed by atoms with van der Waals surface area (Å²) in [5.41, 5.74) is 0. The Balaban J connectivity index is 0.00000165. The van der Waals surface area contributed by atoms with E-state index in [1.165, 1.54) is 141 Å². The minimum Gasteiger partial charge on any atom is -0.130 e. The van der Waals surface area contributed by atoms with Gasteiger partial charge in [0.1, 0.15) is 0 Å². The van der Waals surface area contributed by atoms with Gasteiger partial charge in [-0.15, -0.1) is 33.2 Å². The van der Waals surface area contributed by atoms with Crippen LogP contribution in [0.5, 0.6) is 0 Å². The van der Waals surface area contributed by atoms with Crippen molar-refractivity contribution in [1.82, 2.24) is 0 Å². The largest absolute Gasteiger partial charge is 0.326 e. The molecule has 0 aromatic carbocycles. The first-order valence-corrected chi connectivity index (χ1v) is 17.5. The Hall–Kier alpha value is 0.827. The fraction of sp³-hybridized carbons (Fsp3) is 0.917. The van der Waals surface area contributed by atoms with Gasteiger partial charge in [0.25, 0.3) is 0 Å². The third-order valence-electron chi connectivity index (χ3n) is 5.66. The Labute approximate surface area is 192 Å². The van der Waals surface area contributed by atoms with Gasteiger partial charge in [-0.05, 0) is 25.7 Å². The first kappa shape index (κ1) is 28.8. The summed E-state index contributed by atoms with van der Waals surface area (Å²) in [5, 5.41) is 0. The molecule has 0 nitrogen and oxygen atoms in total. The first-order valence-electron chi connectivity index (χ1n) is 12.3. The fourth-order valence-corrected chi connectivity index (χ4v) is 3.94. The van der Waals surface area contributed by atoms with Crippen molar-refractivity contribution >= 4 is 40.0 Å². The van der Waals surface area contributed by atoms with Crippen LogP contribution in [0.4, 0.5) is 0 Å². The van der Waals surface area contributed by atoms with Gasteiger partial charge >= 0.3 is 6.73 Å². The van der Waals surface area contributed by atoms with Crippen molar-refractivity contribution in [3.05, 3.63) is 12.2 Å². The van der Waals surface area contributed by atoms with E-state index >= 15 is 0 Å². The zero-order chi connectivity index (χ0) is 20.5. The van der Waals surface area contributed by atoms with Crippen molar-refractivity contribution in [3.8, 4) is 0 Å². The molecule has 0 spiro atoms. The minimum absolute atomic E-state index is 1.32. The molecule has 0 aromatic heterocycles. The zero-order valence-electron chi connectivity index (χ0n) is 18.4. The SMILES string of the molecule is C1=CCCCCCCCCCCCCCCCCCCCCCC1.Cl[SiH](Cl)Cl. The summed E-state index contributed by atoms with van der Waals surface area (Å²) in [6.07, 6.45) is 37.0. The van der Waals surface area contributed by atoms with Crippen LogP contribution in [0.1, 0.15) is 141 Å². The van der Waals surface area contributed by atoms with Crippen molar-refractivity contribution in [1.29, 1.82) is 0 Å². The second-order valence-electron chi connectivity index (χ2n) is 8.37. The maximum absolute atomic E-state index is 4.94. The Morgan fingerprint density at radius 1 is 0.321 bits per heavy atom. The van der Waals surface area contributed by atoms with Gasteiger partial charge in [-0.3, -0.25) is 0 Å². The number of hydrogen-bond donors (Lipinski definition) is 0. The van der Waals surface area contributed by atoms with Crippen LogP contribution in [0.15, 0.2) is 12.2 Å². The normalized spacial score (nSPS) is 21.3. The number of rotatable bonds is 0. The lowest BCUT2D eigenvalue weighted by atomic mass is 10.0. The molecule has 1 rings (SSSR count). The highest BCUT2D eigenvalue weighted by Crippen LogP contribution is 2.15. The van der Waals surface area contributed by atoms with Crippen LogP contribution < -0.4 is 0 Å². The molecule has 28 heavy (non-hydrogen) atoms. The standard InChI is InChI=1S/C24H46.Cl3HSi/c1-2-4-6-8-10-12-14-16-18-20-22-24-23-21-19-17-15-13-11-9-7-5-3-1;1-4(2)3/h1-2H,3-24H2;4H. The van der Waals surface area contributed by atoms with Crippen LogP contribution in [0.25, 0.3) is 0 Å². The number of hydrogen-bond acceptors (Lipinski definition) is 0. The smallest absolute Gasteiger partial charge is 0.130 e. The fourth-order valence-electron chi connectivity index (χ4n) is 3.94. The molecule has 0 bridgehead atoms. The van der Waals surface area contributed by atoms with Crippen molar-refractivity contribution in [2.45, 2.75) is 141 Å². The summed E-state index contributed by atoms with van der Waals surface area (Å²) in [6, 6.07) is 0. The Bertz CT molecular complexity index is 279. The molecule has 1 aliphatic rings. The van der Waals surface area contributed by atoms with Crippen LogP contribution in [0.3, 0.4) is 0 Å². The zero-order valence-corrected chi connectivity index (χ0v) is 21.8. The summed E-state index contributed by atoms with van der Waals surface area (Å²) >= 11 is 14.8. The molecule has 0 aliphatic heterocycles. The molecule has 4 heteroatoms. The van der Waals surface area contributed by atoms with E-state index in [2.05, 4.69) is 12.2 Å². The molecule has 0 saturated carbocycles. The van der Waals surface area contributed by atoms with Crippen molar-refractivity contribution in [2.75, 3.05) is 0 Å². The number of halogens is 3. The summed E-state index contributed by atoms with van der Waals surface area (Å²) in [7, 11) is 0. The van der Waals surface area contributed by atoms with Crippen LogP contribution in [-0.2, 0) is 0 Å². The van der Waals surface area contributed by atoms with Crippen molar-refractivity contribution < 1.29 is 0 Å². The maximum atomic E-state index is 4.94. The quantitative estimate of drug-likeness (QED) is 0.188. The number of allylic oxidation sites excluding steroid dienone is 2. The summed E-state index contributed by atoms with van der Waals surface area (Å²) in [6.45, 7) is -1.72. The highest BCUT2D eigenvalue weighted by molar-refractivity contribution is 7.54. The lowest BCUT2D eigenvalue weighted by Gasteiger charge is -2.04. The average molecular weight is 470 g/mol. The highest BCUT2D eigenvalue weighted by Gasteiger charge is 1.96. The van der Waals surface area contributed by atoms with Crippen LogP contribution in [0, 0.1) is 0 Å². The molecule has 1 aliphatic carbocycles. The van der Waals surface area contributed by atoms with E-state index in [0.29, 0.717) is 0 Å². The third kappa shape index (κ3) is 29.0. The van der Waals surface area contributed by atoms with Gasteiger partial charge in [-0.25, -0.2) is 0 Å². The predicted octanol–water partition coefficient (Wildman–Crippen LogP) is 10.6. The van der Waals surface area contributed by atoms with E-state index < -0.39 is 6.73 Å². The molecule has 0 N–H and O–H groups in total. The molecule has 0 heterocycles. The van der Waals surface area contributed by atoms with Gasteiger partial charge in [0.15, 0.2) is 0 Å². The van der Waals surface area contributed by atoms with Gasteiger partial charge in [0.2, 0.25) is 0 Å². The second kappa shape index (κ2) is 25.9. The van der Waals surface area contributed by atoms with Gasteiger partial charge in [0, 0.05) is 0 Å². The molecule has 0 amide bonds. The highest BCUT2D eigenvalue weighted by atomic mass is 35.8. The van der Waals surface area contributed by atoms with Crippen LogP contribution in [-0.4, -0.2) is 6.73 Å². The van der Waals surface area contributed by atoms with Gasteiger partial charge in [-0.1, -0.05) is 128 Å². The summed E-state index contributed by atoms with van der Waals surface area (Å²) in [4.78, 5) is 0. The molecular weight excluding hydrogens is 423 g/mol. The first-order chi connectivity index (χ1) is 13.7. The van der Waals surface area contributed by atoms with E-state index in [4.69, 9.17) is 33.2 Å². The Morgan fingerprint density at radius 2 is 0.464 bits per heavy atom. The molecule has 0 radical (unpaired) electrons. The van der Waals surface area contributed by atoms with E-state index in [-0.39, 0.29) is 0 Å². The van der Waals surface area contributed by atoms with Crippen LogP contribution in [0.2, 0.25) is 0 Å². The average Bonchev–Trinajstić information content (AvgIpc) is 2.65. The topological polar surface area (TPSA) is 0 Å². The molecule has 0 atom stereocenters. The minimum atomic E-state index is -1.72. The molecule has 0 saturated heterocycles. The summed E-state index contributed by atoms with van der Waals surface area (Å²) in [5.74, 6) is 0. The van der Waals surface area contributed by atoms with E-state index in [1.54, 1.807) is 0 Å². The van der Waals surface area contributed by atoms with E-state index in [0.717, 1.165) is 0 Å². The van der Waals surface area contributed by atoms with Gasteiger partial charge < -0.3 is 0 Å². The molecular formula is C24H47Cl3Si. The monoisotopic (exact) mass is 468 g/mol. The third-order valence-corrected chi connectivity index (χ3v) is 5.66. The summed E-state index contributed by atoms with van der Waals surface area (Å²) < 4.78 is 0. The Morgan fingerprint density at radius 3 is 0.643 bits per heavy atom. The maximum Gasteiger partial charge on any atom is 0.326 e. The van der Waals surface area contributed by atoms with Gasteiger partial charge in [-0.2, -0.15) is 0 Å². The lowest BCUT2D eigenvalue weighted by Crippen LogP contribution is -1.84. The van der Waals surface area contributed by atoms with Gasteiger partial charge in [0.05, 0.1) is 0 Å². The van der Waals surface area contributed by atoms with Crippen molar-refractivity contribution in [3.63, 3.8) is 0 Å². The van der Waals surface area contributed by atoms with Crippen LogP contribution >= 0.6 is 33.2 Å². The Kier molecular flexibility index (Phi) is 26.6. The molecule has 0 unspecified atom stereocenters. The lowest BCUT2D eigenvalue weighted by molar-refractivity contribution is 0.520. The molecule has 0 fully saturated rings. The van der Waals surface area contributed by atoms with E-state index in [1.807, 2.05) is 0 Å².